The summed E-state index contributed by atoms with van der Waals surface area (Å²) in [7, 11) is 0. The fraction of sp³-hybridized carbons (Fsp3) is 0.167. The van der Waals surface area contributed by atoms with Gasteiger partial charge in [-0.3, -0.25) is 9.59 Å². The summed E-state index contributed by atoms with van der Waals surface area (Å²) in [6.45, 7) is -0.594. The Balaban J connectivity index is 1.96. The highest BCUT2D eigenvalue weighted by molar-refractivity contribution is 5.96. The molecular weight excluding hydrogens is 377 g/mol. The number of hydrogen-bond acceptors (Lipinski definition) is 3. The van der Waals surface area contributed by atoms with Crippen molar-refractivity contribution in [1.82, 2.24) is 10.6 Å². The molecule has 0 aliphatic rings. The lowest BCUT2D eigenvalue weighted by Crippen LogP contribution is -2.51. The minimum Gasteiger partial charge on any atom is -0.352 e. The van der Waals surface area contributed by atoms with Crippen molar-refractivity contribution in [3.8, 4) is 0 Å². The average molecular weight is 394 g/mol. The zero-order valence-electron chi connectivity index (χ0n) is 14.5. The highest BCUT2D eigenvalue weighted by atomic mass is 19.2. The molecule has 0 aromatic heterocycles. The molecular formula is C18H17F3N4O3. The van der Waals surface area contributed by atoms with Crippen LogP contribution in [0.2, 0.25) is 0 Å². The average Bonchev–Trinajstić information content (AvgIpc) is 2.66. The van der Waals surface area contributed by atoms with Crippen LogP contribution in [-0.4, -0.2) is 30.4 Å². The van der Waals surface area contributed by atoms with E-state index < -0.39 is 53.6 Å². The number of hydrogen-bond donors (Lipinski definition) is 4. The molecule has 7 nitrogen and oxygen atoms in total. The van der Waals surface area contributed by atoms with Gasteiger partial charge in [0, 0.05) is 6.42 Å². The van der Waals surface area contributed by atoms with Crippen molar-refractivity contribution < 1.29 is 27.6 Å². The molecule has 0 saturated heterocycles. The number of urea groups is 1. The first-order valence-electron chi connectivity index (χ1n) is 8.09. The predicted octanol–water partition coefficient (Wildman–Crippen LogP) is 1.44. The second-order valence-corrected chi connectivity index (χ2v) is 5.74. The summed E-state index contributed by atoms with van der Waals surface area (Å²) in [5.74, 6) is -6.27. The van der Waals surface area contributed by atoms with Gasteiger partial charge in [-0.25, -0.2) is 18.0 Å². The predicted molar refractivity (Wildman–Crippen MR) is 94.6 cm³/mol. The van der Waals surface area contributed by atoms with Crippen molar-refractivity contribution in [3.63, 3.8) is 0 Å². The third kappa shape index (κ3) is 5.73. The molecule has 5 N–H and O–H groups in total. The number of halogens is 3. The molecule has 0 aliphatic heterocycles. The molecule has 4 amide bonds. The minimum atomic E-state index is -1.73. The number of carbonyl (C=O) groups is 3. The van der Waals surface area contributed by atoms with Crippen molar-refractivity contribution in [2.45, 2.75) is 12.5 Å². The van der Waals surface area contributed by atoms with Crippen LogP contribution in [0.5, 0.6) is 0 Å². The quantitative estimate of drug-likeness (QED) is 0.533. The maximum atomic E-state index is 13.6. The molecule has 0 aliphatic carbocycles. The first kappa shape index (κ1) is 20.7. The molecule has 2 aromatic carbocycles. The van der Waals surface area contributed by atoms with Gasteiger partial charge in [0.2, 0.25) is 11.8 Å². The zero-order chi connectivity index (χ0) is 20.7. The van der Waals surface area contributed by atoms with E-state index in [4.69, 9.17) is 5.73 Å². The van der Waals surface area contributed by atoms with Crippen LogP contribution in [-0.2, 0) is 16.0 Å². The highest BCUT2D eigenvalue weighted by Gasteiger charge is 2.21. The smallest absolute Gasteiger partial charge is 0.312 e. The third-order valence-electron chi connectivity index (χ3n) is 3.65. The van der Waals surface area contributed by atoms with E-state index in [1.807, 2.05) is 5.32 Å². The normalized spacial score (nSPS) is 11.4. The molecule has 0 radical (unpaired) electrons. The van der Waals surface area contributed by atoms with Crippen molar-refractivity contribution in [1.29, 1.82) is 0 Å². The molecule has 0 spiro atoms. The SMILES string of the molecule is NC(=O)N[C@@H](Cc1ccccc1)C(=O)NCC(=O)Nc1ccc(F)c(F)c1F. The maximum Gasteiger partial charge on any atom is 0.312 e. The van der Waals surface area contributed by atoms with E-state index in [2.05, 4.69) is 10.6 Å². The third-order valence-corrected chi connectivity index (χ3v) is 3.65. The van der Waals surface area contributed by atoms with Crippen LogP contribution < -0.4 is 21.7 Å². The lowest BCUT2D eigenvalue weighted by Gasteiger charge is -2.17. The van der Waals surface area contributed by atoms with Gasteiger partial charge < -0.3 is 21.7 Å². The Morgan fingerprint density at radius 1 is 0.964 bits per heavy atom. The Labute approximate surface area is 158 Å². The second-order valence-electron chi connectivity index (χ2n) is 5.74. The van der Waals surface area contributed by atoms with E-state index in [1.54, 1.807) is 30.3 Å². The van der Waals surface area contributed by atoms with Crippen LogP contribution in [0.15, 0.2) is 42.5 Å². The molecule has 0 unspecified atom stereocenters. The van der Waals surface area contributed by atoms with Gasteiger partial charge >= 0.3 is 6.03 Å². The molecule has 10 heteroatoms. The molecule has 2 rings (SSSR count). The molecule has 0 bridgehead atoms. The largest absolute Gasteiger partial charge is 0.352 e. The van der Waals surface area contributed by atoms with E-state index >= 15 is 0 Å². The molecule has 0 heterocycles. The number of amides is 4. The van der Waals surface area contributed by atoms with Gasteiger partial charge in [0.1, 0.15) is 6.04 Å². The number of anilines is 1. The van der Waals surface area contributed by atoms with Gasteiger partial charge in [-0.2, -0.15) is 0 Å². The van der Waals surface area contributed by atoms with Crippen molar-refractivity contribution in [2.24, 2.45) is 5.73 Å². The van der Waals surface area contributed by atoms with Gasteiger partial charge in [0.15, 0.2) is 17.5 Å². The van der Waals surface area contributed by atoms with Gasteiger partial charge in [-0.15, -0.1) is 0 Å². The van der Waals surface area contributed by atoms with Crippen LogP contribution >= 0.6 is 0 Å². The Kier molecular flexibility index (Phi) is 6.96. The van der Waals surface area contributed by atoms with Crippen LogP contribution in [0.25, 0.3) is 0 Å². The van der Waals surface area contributed by atoms with E-state index in [9.17, 15) is 27.6 Å². The second kappa shape index (κ2) is 9.40. The van der Waals surface area contributed by atoms with E-state index in [0.717, 1.165) is 11.6 Å². The maximum absolute atomic E-state index is 13.6. The van der Waals surface area contributed by atoms with Crippen LogP contribution in [0.1, 0.15) is 5.56 Å². The van der Waals surface area contributed by atoms with E-state index in [0.29, 0.717) is 6.07 Å². The van der Waals surface area contributed by atoms with Crippen LogP contribution in [0.3, 0.4) is 0 Å². The topological polar surface area (TPSA) is 113 Å². The molecule has 28 heavy (non-hydrogen) atoms. The summed E-state index contributed by atoms with van der Waals surface area (Å²) in [4.78, 5) is 35.2. The monoisotopic (exact) mass is 394 g/mol. The molecule has 148 valence electrons. The summed E-state index contributed by atoms with van der Waals surface area (Å²) in [6.07, 6.45) is 0.120. The van der Waals surface area contributed by atoms with E-state index in [1.165, 1.54) is 0 Å². The number of carbonyl (C=O) groups excluding carboxylic acids is 3. The lowest BCUT2D eigenvalue weighted by molar-refractivity contribution is -0.125. The van der Waals surface area contributed by atoms with Crippen molar-refractivity contribution >= 4 is 23.5 Å². The zero-order valence-corrected chi connectivity index (χ0v) is 14.5. The van der Waals surface area contributed by atoms with Crippen LogP contribution in [0.4, 0.5) is 23.7 Å². The Hall–Kier alpha value is -3.56. The summed E-state index contributed by atoms with van der Waals surface area (Å²) in [5.41, 5.74) is 5.23. The first-order valence-corrected chi connectivity index (χ1v) is 8.09. The van der Waals surface area contributed by atoms with E-state index in [-0.39, 0.29) is 6.42 Å². The number of nitrogens with two attached hydrogens (primary N) is 1. The fourth-order valence-corrected chi connectivity index (χ4v) is 2.34. The molecule has 0 saturated carbocycles. The molecule has 2 aromatic rings. The molecule has 1 atom stereocenters. The Bertz CT molecular complexity index is 878. The minimum absolute atomic E-state index is 0.120. The summed E-state index contributed by atoms with van der Waals surface area (Å²) >= 11 is 0. The summed E-state index contributed by atoms with van der Waals surface area (Å²) < 4.78 is 39.6. The number of rotatable bonds is 7. The number of primary amides is 1. The van der Waals surface area contributed by atoms with Crippen molar-refractivity contribution in [2.75, 3.05) is 11.9 Å². The standard InChI is InChI=1S/C18H17F3N4O3/c19-11-6-7-12(16(21)15(11)20)24-14(26)9-23-17(27)13(25-18(22)28)8-10-4-2-1-3-5-10/h1-7,13H,8-9H2,(H,23,27)(H,24,26)(H3,22,25,28)/t13-/m0/s1. The van der Waals surface area contributed by atoms with Gasteiger partial charge in [0.05, 0.1) is 12.2 Å². The van der Waals surface area contributed by atoms with Crippen molar-refractivity contribution in [3.05, 3.63) is 65.5 Å². The Morgan fingerprint density at radius 2 is 1.64 bits per heavy atom. The highest BCUT2D eigenvalue weighted by Crippen LogP contribution is 2.19. The first-order chi connectivity index (χ1) is 13.3. The lowest BCUT2D eigenvalue weighted by atomic mass is 10.1. The van der Waals surface area contributed by atoms with Gasteiger partial charge in [-0.05, 0) is 17.7 Å². The van der Waals surface area contributed by atoms with Gasteiger partial charge in [0.25, 0.3) is 0 Å². The molecule has 0 fully saturated rings. The van der Waals surface area contributed by atoms with Crippen LogP contribution in [0, 0.1) is 17.5 Å². The summed E-state index contributed by atoms with van der Waals surface area (Å²) in [6, 6.07) is 8.28. The fourth-order valence-electron chi connectivity index (χ4n) is 2.34. The number of benzene rings is 2. The van der Waals surface area contributed by atoms with Gasteiger partial charge in [-0.1, -0.05) is 30.3 Å². The Morgan fingerprint density at radius 3 is 2.29 bits per heavy atom. The number of nitrogens with one attached hydrogen (secondary N) is 3. The summed E-state index contributed by atoms with van der Waals surface area (Å²) in [5, 5.41) is 6.55.